The van der Waals surface area contributed by atoms with Crippen molar-refractivity contribution in [3.63, 3.8) is 0 Å². The number of nitrogens with zero attached hydrogens (tertiary/aromatic N) is 2. The summed E-state index contributed by atoms with van der Waals surface area (Å²) in [5, 5.41) is 31.8. The molecule has 3 N–H and O–H groups in total. The van der Waals surface area contributed by atoms with E-state index < -0.39 is 10.8 Å². The van der Waals surface area contributed by atoms with E-state index in [0.717, 1.165) is 0 Å². The van der Waals surface area contributed by atoms with Crippen LogP contribution in [-0.2, 0) is 0 Å². The summed E-state index contributed by atoms with van der Waals surface area (Å²) < 4.78 is 0. The molecule has 0 aromatic heterocycles. The fourth-order valence-corrected chi connectivity index (χ4v) is 1.96. The van der Waals surface area contributed by atoms with Crippen LogP contribution in [0.4, 0.5) is 11.4 Å². The molecule has 0 aliphatic heterocycles. The fraction of sp³-hybridized carbons (Fsp3) is 0.462. The predicted octanol–water partition coefficient (Wildman–Crippen LogP) is 0.453. The number of nitro benzene ring substituents is 1. The van der Waals surface area contributed by atoms with Gasteiger partial charge in [-0.3, -0.25) is 14.9 Å². The van der Waals surface area contributed by atoms with Gasteiger partial charge >= 0.3 is 0 Å². The number of amides is 1. The van der Waals surface area contributed by atoms with E-state index >= 15 is 0 Å². The average Bonchev–Trinajstić information content (AvgIpc) is 2.46. The summed E-state index contributed by atoms with van der Waals surface area (Å²) in [6.45, 7) is 1.78. The Morgan fingerprint density at radius 3 is 2.43 bits per heavy atom. The Bertz CT molecular complexity index is 501. The summed E-state index contributed by atoms with van der Waals surface area (Å²) >= 11 is 0. The number of rotatable bonds is 8. The van der Waals surface area contributed by atoms with Gasteiger partial charge in [-0.15, -0.1) is 0 Å². The van der Waals surface area contributed by atoms with Crippen LogP contribution in [0.3, 0.4) is 0 Å². The van der Waals surface area contributed by atoms with Crippen molar-refractivity contribution < 1.29 is 19.9 Å². The highest BCUT2D eigenvalue weighted by atomic mass is 16.6. The van der Waals surface area contributed by atoms with E-state index in [1.165, 1.54) is 23.1 Å². The molecule has 0 spiro atoms. The van der Waals surface area contributed by atoms with Gasteiger partial charge in [0.2, 0.25) is 0 Å². The second-order valence-corrected chi connectivity index (χ2v) is 4.23. The maximum absolute atomic E-state index is 12.4. The lowest BCUT2D eigenvalue weighted by Crippen LogP contribution is -2.36. The first-order chi connectivity index (χ1) is 10.1. The van der Waals surface area contributed by atoms with Crippen LogP contribution in [0.25, 0.3) is 0 Å². The SMILES string of the molecule is CCNc1c(C(=O)N(CCO)CCO)cccc1[N+](=O)[O-]. The maximum Gasteiger partial charge on any atom is 0.293 e. The molecule has 1 amide bonds. The molecule has 0 fully saturated rings. The van der Waals surface area contributed by atoms with Gasteiger partial charge in [0, 0.05) is 25.7 Å². The van der Waals surface area contributed by atoms with Gasteiger partial charge in [0.1, 0.15) is 5.69 Å². The number of nitro groups is 1. The molecule has 8 nitrogen and oxygen atoms in total. The molecule has 0 saturated carbocycles. The molecular weight excluding hydrogens is 278 g/mol. The van der Waals surface area contributed by atoms with Crippen molar-refractivity contribution in [3.05, 3.63) is 33.9 Å². The quantitative estimate of drug-likeness (QED) is 0.474. The number of aliphatic hydroxyl groups is 2. The van der Waals surface area contributed by atoms with E-state index in [9.17, 15) is 14.9 Å². The van der Waals surface area contributed by atoms with E-state index in [1.54, 1.807) is 6.92 Å². The van der Waals surface area contributed by atoms with Crippen LogP contribution >= 0.6 is 0 Å². The van der Waals surface area contributed by atoms with Crippen LogP contribution < -0.4 is 5.32 Å². The first-order valence-corrected chi connectivity index (χ1v) is 6.59. The van der Waals surface area contributed by atoms with E-state index in [-0.39, 0.29) is 43.2 Å². The number of para-hydroxylation sites is 1. The number of carbonyl (C=O) groups is 1. The molecule has 0 heterocycles. The van der Waals surface area contributed by atoms with Crippen molar-refractivity contribution in [3.8, 4) is 0 Å². The molecule has 1 aromatic rings. The zero-order valence-electron chi connectivity index (χ0n) is 11.8. The molecule has 0 bridgehead atoms. The number of hydrogen-bond donors (Lipinski definition) is 3. The van der Waals surface area contributed by atoms with Gasteiger partial charge < -0.3 is 20.4 Å². The van der Waals surface area contributed by atoms with E-state index in [4.69, 9.17) is 10.2 Å². The van der Waals surface area contributed by atoms with Gasteiger partial charge in [-0.05, 0) is 13.0 Å². The van der Waals surface area contributed by atoms with Crippen molar-refractivity contribution in [1.82, 2.24) is 4.90 Å². The Labute approximate surface area is 122 Å². The number of hydrogen-bond acceptors (Lipinski definition) is 6. The molecular formula is C13H19N3O5. The number of nitrogens with one attached hydrogen (secondary N) is 1. The van der Waals surface area contributed by atoms with E-state index in [1.807, 2.05) is 0 Å². The van der Waals surface area contributed by atoms with Crippen LogP contribution in [-0.4, -0.2) is 58.8 Å². The number of carbonyl (C=O) groups excluding carboxylic acids is 1. The van der Waals surface area contributed by atoms with Gasteiger partial charge in [0.05, 0.1) is 23.7 Å². The molecule has 0 radical (unpaired) electrons. The Kier molecular flexibility index (Phi) is 6.57. The van der Waals surface area contributed by atoms with Crippen LogP contribution in [0.1, 0.15) is 17.3 Å². The minimum absolute atomic E-state index is 0.0493. The molecule has 0 atom stereocenters. The molecule has 8 heteroatoms. The predicted molar refractivity (Wildman–Crippen MR) is 77.3 cm³/mol. The van der Waals surface area contributed by atoms with Gasteiger partial charge in [0.25, 0.3) is 11.6 Å². The lowest BCUT2D eigenvalue weighted by molar-refractivity contribution is -0.384. The first-order valence-electron chi connectivity index (χ1n) is 6.59. The van der Waals surface area contributed by atoms with Gasteiger partial charge in [0.15, 0.2) is 0 Å². The molecule has 1 rings (SSSR count). The molecule has 0 aliphatic carbocycles. The van der Waals surface area contributed by atoms with Crippen LogP contribution in [0.2, 0.25) is 0 Å². The van der Waals surface area contributed by atoms with Crippen LogP contribution in [0, 0.1) is 10.1 Å². The fourth-order valence-electron chi connectivity index (χ4n) is 1.96. The summed E-state index contributed by atoms with van der Waals surface area (Å²) in [6, 6.07) is 4.23. The normalized spacial score (nSPS) is 10.2. The second kappa shape index (κ2) is 8.18. The van der Waals surface area contributed by atoms with Crippen molar-refractivity contribution in [2.75, 3.05) is 38.2 Å². The maximum atomic E-state index is 12.4. The summed E-state index contributed by atoms with van der Waals surface area (Å²) in [6.07, 6.45) is 0. The Hall–Kier alpha value is -2.19. The number of benzene rings is 1. The summed E-state index contributed by atoms with van der Waals surface area (Å²) in [4.78, 5) is 24.2. The van der Waals surface area contributed by atoms with Crippen molar-refractivity contribution in [2.45, 2.75) is 6.92 Å². The van der Waals surface area contributed by atoms with E-state index in [0.29, 0.717) is 6.54 Å². The summed E-state index contributed by atoms with van der Waals surface area (Å²) in [5.74, 6) is -0.474. The molecule has 116 valence electrons. The number of aliphatic hydroxyl groups excluding tert-OH is 2. The molecule has 1 aromatic carbocycles. The molecule has 0 aliphatic rings. The zero-order valence-corrected chi connectivity index (χ0v) is 11.8. The summed E-state index contributed by atoms with van der Waals surface area (Å²) in [5.41, 5.74) is 0.111. The third-order valence-electron chi connectivity index (χ3n) is 2.85. The highest BCUT2D eigenvalue weighted by Gasteiger charge is 2.24. The smallest absolute Gasteiger partial charge is 0.293 e. The Balaban J connectivity index is 3.23. The lowest BCUT2D eigenvalue weighted by atomic mass is 10.1. The highest BCUT2D eigenvalue weighted by molar-refractivity contribution is 6.01. The van der Waals surface area contributed by atoms with Gasteiger partial charge in [-0.1, -0.05) is 6.07 Å². The summed E-state index contributed by atoms with van der Waals surface area (Å²) in [7, 11) is 0. The number of anilines is 1. The first kappa shape index (κ1) is 16.9. The Morgan fingerprint density at radius 1 is 1.33 bits per heavy atom. The third-order valence-corrected chi connectivity index (χ3v) is 2.85. The van der Waals surface area contributed by atoms with E-state index in [2.05, 4.69) is 5.32 Å². The van der Waals surface area contributed by atoms with Crippen LogP contribution in [0.5, 0.6) is 0 Å². The van der Waals surface area contributed by atoms with Crippen LogP contribution in [0.15, 0.2) is 18.2 Å². The lowest BCUT2D eigenvalue weighted by Gasteiger charge is -2.22. The van der Waals surface area contributed by atoms with Crippen molar-refractivity contribution >= 4 is 17.3 Å². The minimum Gasteiger partial charge on any atom is -0.395 e. The molecule has 21 heavy (non-hydrogen) atoms. The monoisotopic (exact) mass is 297 g/mol. The average molecular weight is 297 g/mol. The standard InChI is InChI=1S/C13H19N3O5/c1-2-14-12-10(4-3-5-11(12)16(20)21)13(19)15(6-8-17)7-9-18/h3-5,14,17-18H,2,6-9H2,1H3. The third kappa shape index (κ3) is 4.14. The molecule has 0 unspecified atom stereocenters. The van der Waals surface area contributed by atoms with Gasteiger partial charge in [-0.25, -0.2) is 0 Å². The highest BCUT2D eigenvalue weighted by Crippen LogP contribution is 2.29. The van der Waals surface area contributed by atoms with Crippen molar-refractivity contribution in [2.24, 2.45) is 0 Å². The topological polar surface area (TPSA) is 116 Å². The second-order valence-electron chi connectivity index (χ2n) is 4.23. The molecule has 0 saturated heterocycles. The largest absolute Gasteiger partial charge is 0.395 e. The minimum atomic E-state index is -0.558. The van der Waals surface area contributed by atoms with Gasteiger partial charge in [-0.2, -0.15) is 0 Å². The van der Waals surface area contributed by atoms with Crippen molar-refractivity contribution in [1.29, 1.82) is 0 Å². The zero-order chi connectivity index (χ0) is 15.8. The Morgan fingerprint density at radius 2 is 1.95 bits per heavy atom.